The van der Waals surface area contributed by atoms with Gasteiger partial charge in [0, 0.05) is 6.04 Å². The second kappa shape index (κ2) is 3.12. The third-order valence-electron chi connectivity index (χ3n) is 2.68. The molecule has 0 saturated heterocycles. The van der Waals surface area contributed by atoms with Crippen molar-refractivity contribution in [2.24, 2.45) is 5.41 Å². The number of ether oxygens (including phenoxy) is 1. The molecule has 1 heterocycles. The van der Waals surface area contributed by atoms with Crippen molar-refractivity contribution < 1.29 is 4.74 Å². The first kappa shape index (κ1) is 9.24. The first-order valence-electron chi connectivity index (χ1n) is 4.74. The molecule has 1 unspecified atom stereocenters. The van der Waals surface area contributed by atoms with Crippen LogP contribution in [0.4, 0.5) is 5.95 Å². The Morgan fingerprint density at radius 1 is 1.43 bits per heavy atom. The summed E-state index contributed by atoms with van der Waals surface area (Å²) in [5.74, 6) is 1.37. The third kappa shape index (κ3) is 1.78. The van der Waals surface area contributed by atoms with Crippen LogP contribution in [0.2, 0.25) is 0 Å². The molecule has 1 fully saturated rings. The Morgan fingerprint density at radius 3 is 2.43 bits per heavy atom. The minimum atomic E-state index is 0.392. The van der Waals surface area contributed by atoms with Crippen LogP contribution in [0, 0.1) is 5.41 Å². The summed E-state index contributed by atoms with van der Waals surface area (Å²) in [5.41, 5.74) is 0.392. The average molecular weight is 193 g/mol. The van der Waals surface area contributed by atoms with Crippen LogP contribution in [0.3, 0.4) is 0 Å². The van der Waals surface area contributed by atoms with E-state index in [-0.39, 0.29) is 0 Å². The van der Waals surface area contributed by atoms with E-state index < -0.39 is 0 Å². The van der Waals surface area contributed by atoms with Crippen LogP contribution < -0.4 is 10.1 Å². The number of hydrogen-bond donors (Lipinski definition) is 1. The van der Waals surface area contributed by atoms with Crippen molar-refractivity contribution in [1.29, 1.82) is 0 Å². The van der Waals surface area contributed by atoms with Crippen LogP contribution in [0.5, 0.6) is 5.75 Å². The van der Waals surface area contributed by atoms with Crippen LogP contribution in [0.1, 0.15) is 20.3 Å². The van der Waals surface area contributed by atoms with Gasteiger partial charge in [0.05, 0.1) is 19.5 Å². The van der Waals surface area contributed by atoms with Crippen molar-refractivity contribution in [2.75, 3.05) is 12.4 Å². The number of nitrogens with zero attached hydrogens (tertiary/aromatic N) is 2. The number of anilines is 1. The monoisotopic (exact) mass is 193 g/mol. The van der Waals surface area contributed by atoms with Gasteiger partial charge in [0.1, 0.15) is 0 Å². The van der Waals surface area contributed by atoms with E-state index in [1.54, 1.807) is 19.5 Å². The van der Waals surface area contributed by atoms with E-state index in [0.717, 1.165) is 0 Å². The Kier molecular flexibility index (Phi) is 2.06. The van der Waals surface area contributed by atoms with Gasteiger partial charge in [-0.2, -0.15) is 0 Å². The summed E-state index contributed by atoms with van der Waals surface area (Å²) >= 11 is 0. The molecule has 0 aliphatic heterocycles. The van der Waals surface area contributed by atoms with Gasteiger partial charge in [0.15, 0.2) is 5.75 Å². The van der Waals surface area contributed by atoms with Gasteiger partial charge >= 0.3 is 0 Å². The lowest BCUT2D eigenvalue weighted by molar-refractivity contribution is 0.411. The zero-order valence-corrected chi connectivity index (χ0v) is 8.74. The lowest BCUT2D eigenvalue weighted by Crippen LogP contribution is -2.10. The summed E-state index contributed by atoms with van der Waals surface area (Å²) in [5, 5.41) is 3.28. The molecule has 0 radical (unpaired) electrons. The zero-order chi connectivity index (χ0) is 10.2. The lowest BCUT2D eigenvalue weighted by atomic mass is 10.2. The van der Waals surface area contributed by atoms with Gasteiger partial charge in [-0.15, -0.1) is 0 Å². The maximum atomic E-state index is 4.98. The molecule has 1 aliphatic rings. The predicted octanol–water partition coefficient (Wildman–Crippen LogP) is 1.70. The summed E-state index contributed by atoms with van der Waals surface area (Å²) in [4.78, 5) is 8.30. The maximum Gasteiger partial charge on any atom is 0.223 e. The van der Waals surface area contributed by atoms with Crippen LogP contribution in [-0.2, 0) is 0 Å². The summed E-state index contributed by atoms with van der Waals surface area (Å²) in [6.07, 6.45) is 4.53. The maximum absolute atomic E-state index is 4.98. The molecule has 1 aromatic rings. The van der Waals surface area contributed by atoms with E-state index in [1.165, 1.54) is 6.42 Å². The summed E-state index contributed by atoms with van der Waals surface area (Å²) in [6.45, 7) is 4.46. The fourth-order valence-corrected chi connectivity index (χ4v) is 1.37. The number of nitrogens with one attached hydrogen (secondary N) is 1. The highest BCUT2D eigenvalue weighted by molar-refractivity contribution is 5.32. The SMILES string of the molecule is COc1cnc(NC2CC2(C)C)nc1. The highest BCUT2D eigenvalue weighted by atomic mass is 16.5. The highest BCUT2D eigenvalue weighted by Crippen LogP contribution is 2.46. The van der Waals surface area contributed by atoms with E-state index in [0.29, 0.717) is 23.2 Å². The van der Waals surface area contributed by atoms with Crippen LogP contribution in [0.25, 0.3) is 0 Å². The quantitative estimate of drug-likeness (QED) is 0.793. The number of methoxy groups -OCH3 is 1. The molecule has 2 rings (SSSR count). The summed E-state index contributed by atoms with van der Waals surface area (Å²) in [6, 6.07) is 0.510. The van der Waals surface area contributed by atoms with Crippen molar-refractivity contribution >= 4 is 5.95 Å². The molecule has 0 bridgehead atoms. The fourth-order valence-electron chi connectivity index (χ4n) is 1.37. The van der Waals surface area contributed by atoms with Gasteiger partial charge in [-0.25, -0.2) is 9.97 Å². The topological polar surface area (TPSA) is 47.0 Å². The first-order chi connectivity index (χ1) is 6.62. The average Bonchev–Trinajstić information content (AvgIpc) is 2.75. The molecular weight excluding hydrogens is 178 g/mol. The van der Waals surface area contributed by atoms with Crippen molar-refractivity contribution in [2.45, 2.75) is 26.3 Å². The van der Waals surface area contributed by atoms with Gasteiger partial charge in [0.25, 0.3) is 0 Å². The number of aromatic nitrogens is 2. The molecule has 1 atom stereocenters. The van der Waals surface area contributed by atoms with Crippen molar-refractivity contribution in [1.82, 2.24) is 9.97 Å². The van der Waals surface area contributed by atoms with Crippen LogP contribution >= 0.6 is 0 Å². The fraction of sp³-hybridized carbons (Fsp3) is 0.600. The van der Waals surface area contributed by atoms with Gasteiger partial charge in [-0.3, -0.25) is 0 Å². The molecule has 76 valence electrons. The van der Waals surface area contributed by atoms with Gasteiger partial charge in [-0.1, -0.05) is 13.8 Å². The van der Waals surface area contributed by atoms with E-state index >= 15 is 0 Å². The van der Waals surface area contributed by atoms with E-state index in [4.69, 9.17) is 4.74 Å². The molecule has 4 nitrogen and oxygen atoms in total. The Morgan fingerprint density at radius 2 is 2.00 bits per heavy atom. The molecule has 0 spiro atoms. The molecule has 4 heteroatoms. The number of rotatable bonds is 3. The van der Waals surface area contributed by atoms with Crippen LogP contribution in [-0.4, -0.2) is 23.1 Å². The highest BCUT2D eigenvalue weighted by Gasteiger charge is 2.46. The molecule has 1 N–H and O–H groups in total. The number of hydrogen-bond acceptors (Lipinski definition) is 4. The van der Waals surface area contributed by atoms with E-state index in [1.807, 2.05) is 0 Å². The van der Waals surface area contributed by atoms with Crippen LogP contribution in [0.15, 0.2) is 12.4 Å². The molecular formula is C10H15N3O. The minimum Gasteiger partial charge on any atom is -0.494 e. The van der Waals surface area contributed by atoms with Gasteiger partial charge in [-0.05, 0) is 11.8 Å². The zero-order valence-electron chi connectivity index (χ0n) is 8.74. The predicted molar refractivity (Wildman–Crippen MR) is 54.4 cm³/mol. The first-order valence-corrected chi connectivity index (χ1v) is 4.74. The van der Waals surface area contributed by atoms with Gasteiger partial charge < -0.3 is 10.1 Å². The van der Waals surface area contributed by atoms with E-state index in [2.05, 4.69) is 29.1 Å². The molecule has 14 heavy (non-hydrogen) atoms. The second-order valence-electron chi connectivity index (χ2n) is 4.34. The Bertz CT molecular complexity index is 321. The molecule has 0 amide bonds. The Hall–Kier alpha value is -1.32. The molecule has 1 aliphatic carbocycles. The van der Waals surface area contributed by atoms with Crippen molar-refractivity contribution in [3.05, 3.63) is 12.4 Å². The minimum absolute atomic E-state index is 0.392. The van der Waals surface area contributed by atoms with Crippen molar-refractivity contribution in [3.63, 3.8) is 0 Å². The smallest absolute Gasteiger partial charge is 0.223 e. The van der Waals surface area contributed by atoms with E-state index in [9.17, 15) is 0 Å². The second-order valence-corrected chi connectivity index (χ2v) is 4.34. The normalized spacial score (nSPS) is 22.9. The third-order valence-corrected chi connectivity index (χ3v) is 2.68. The summed E-state index contributed by atoms with van der Waals surface area (Å²) < 4.78 is 4.98. The summed E-state index contributed by atoms with van der Waals surface area (Å²) in [7, 11) is 1.61. The lowest BCUT2D eigenvalue weighted by Gasteiger charge is -2.06. The molecule has 1 aromatic heterocycles. The largest absolute Gasteiger partial charge is 0.494 e. The standard InChI is InChI=1S/C10H15N3O/c1-10(2)4-8(10)13-9-11-5-7(14-3)6-12-9/h5-6,8H,4H2,1-3H3,(H,11,12,13). The molecule has 0 aromatic carbocycles. The van der Waals surface area contributed by atoms with Gasteiger partial charge in [0.2, 0.25) is 5.95 Å². The molecule has 1 saturated carbocycles. The van der Waals surface area contributed by atoms with Crippen molar-refractivity contribution in [3.8, 4) is 5.75 Å². The Labute approximate surface area is 83.7 Å². The Balaban J connectivity index is 1.98.